The number of benzene rings is 1. The van der Waals surface area contributed by atoms with Gasteiger partial charge in [0.2, 0.25) is 5.91 Å². The minimum atomic E-state index is -0.928. The van der Waals surface area contributed by atoms with Crippen molar-refractivity contribution in [2.24, 2.45) is 5.92 Å². The van der Waals surface area contributed by atoms with Gasteiger partial charge in [0, 0.05) is 30.3 Å². The van der Waals surface area contributed by atoms with E-state index in [1.54, 1.807) is 0 Å². The smallest absolute Gasteiger partial charge is 0.308 e. The van der Waals surface area contributed by atoms with E-state index in [9.17, 15) is 24.5 Å². The molecule has 1 unspecified atom stereocenters. The van der Waals surface area contributed by atoms with Crippen molar-refractivity contribution in [2.45, 2.75) is 19.8 Å². The maximum Gasteiger partial charge on any atom is 0.308 e. The Balaban J connectivity index is 1.93. The lowest BCUT2D eigenvalue weighted by Crippen LogP contribution is -2.46. The maximum absolute atomic E-state index is 12.1. The second kappa shape index (κ2) is 7.73. The molecule has 0 saturated carbocycles. The lowest BCUT2D eigenvalue weighted by molar-refractivity contribution is -0.385. The van der Waals surface area contributed by atoms with Gasteiger partial charge in [-0.25, -0.2) is 0 Å². The Morgan fingerprint density at radius 2 is 2.12 bits per heavy atom. The molecule has 1 heterocycles. The SMILES string of the molecule is Cc1cc(C(=O)NCC(=O)N2CCCC(C(=O)O)C2)ccc1[N+](=O)[O-]. The van der Waals surface area contributed by atoms with Gasteiger partial charge < -0.3 is 15.3 Å². The van der Waals surface area contributed by atoms with Crippen LogP contribution in [0.1, 0.15) is 28.8 Å². The van der Waals surface area contributed by atoms with E-state index in [4.69, 9.17) is 5.11 Å². The highest BCUT2D eigenvalue weighted by Gasteiger charge is 2.28. The third-order valence-electron chi connectivity index (χ3n) is 4.18. The van der Waals surface area contributed by atoms with Gasteiger partial charge >= 0.3 is 5.97 Å². The van der Waals surface area contributed by atoms with Crippen molar-refractivity contribution >= 4 is 23.5 Å². The molecule has 1 aliphatic heterocycles. The number of nitro benzene ring substituents is 1. The van der Waals surface area contributed by atoms with Crippen LogP contribution in [0.15, 0.2) is 18.2 Å². The average molecular weight is 349 g/mol. The molecule has 0 aliphatic carbocycles. The van der Waals surface area contributed by atoms with E-state index in [1.165, 1.54) is 30.0 Å². The number of aliphatic carboxylic acids is 1. The summed E-state index contributed by atoms with van der Waals surface area (Å²) in [7, 11) is 0. The number of nitrogens with zero attached hydrogens (tertiary/aromatic N) is 2. The maximum atomic E-state index is 12.1. The fraction of sp³-hybridized carbons (Fsp3) is 0.438. The number of aryl methyl sites for hydroxylation is 1. The zero-order chi connectivity index (χ0) is 18.6. The van der Waals surface area contributed by atoms with E-state index in [2.05, 4.69) is 5.32 Å². The predicted molar refractivity (Wildman–Crippen MR) is 87.1 cm³/mol. The zero-order valence-corrected chi connectivity index (χ0v) is 13.7. The van der Waals surface area contributed by atoms with Gasteiger partial charge in [-0.05, 0) is 31.9 Å². The van der Waals surface area contributed by atoms with E-state index >= 15 is 0 Å². The largest absolute Gasteiger partial charge is 0.481 e. The summed E-state index contributed by atoms with van der Waals surface area (Å²) in [6.45, 7) is 1.89. The van der Waals surface area contributed by atoms with Gasteiger partial charge in [0.25, 0.3) is 11.6 Å². The first-order chi connectivity index (χ1) is 11.8. The van der Waals surface area contributed by atoms with Crippen molar-refractivity contribution in [1.82, 2.24) is 10.2 Å². The molecule has 25 heavy (non-hydrogen) atoms. The Bertz CT molecular complexity index is 718. The molecule has 134 valence electrons. The molecule has 0 aromatic heterocycles. The summed E-state index contributed by atoms with van der Waals surface area (Å²) in [4.78, 5) is 46.9. The predicted octanol–water partition coefficient (Wildman–Crippen LogP) is 0.956. The molecule has 1 saturated heterocycles. The van der Waals surface area contributed by atoms with Gasteiger partial charge in [-0.2, -0.15) is 0 Å². The molecule has 1 aromatic carbocycles. The highest BCUT2D eigenvalue weighted by Crippen LogP contribution is 2.19. The van der Waals surface area contributed by atoms with Crippen LogP contribution in [0.4, 0.5) is 5.69 Å². The van der Waals surface area contributed by atoms with Crippen molar-refractivity contribution in [3.05, 3.63) is 39.4 Å². The summed E-state index contributed by atoms with van der Waals surface area (Å²) in [5.74, 6) is -2.37. The number of nitro groups is 1. The molecule has 2 N–H and O–H groups in total. The molecular formula is C16H19N3O6. The van der Waals surface area contributed by atoms with Gasteiger partial charge in [0.15, 0.2) is 0 Å². The highest BCUT2D eigenvalue weighted by atomic mass is 16.6. The van der Waals surface area contributed by atoms with Crippen LogP contribution in [-0.2, 0) is 9.59 Å². The number of hydrogen-bond acceptors (Lipinski definition) is 5. The lowest BCUT2D eigenvalue weighted by Gasteiger charge is -2.30. The van der Waals surface area contributed by atoms with Gasteiger partial charge in [-0.1, -0.05) is 0 Å². The van der Waals surface area contributed by atoms with Crippen molar-refractivity contribution in [3.63, 3.8) is 0 Å². The Morgan fingerprint density at radius 1 is 1.40 bits per heavy atom. The molecular weight excluding hydrogens is 330 g/mol. The molecule has 2 amide bonds. The standard InChI is InChI=1S/C16H19N3O6/c1-10-7-11(4-5-13(10)19(24)25)15(21)17-8-14(20)18-6-2-3-12(9-18)16(22)23/h4-5,7,12H,2-3,6,8-9H2,1H3,(H,17,21)(H,22,23). The third kappa shape index (κ3) is 4.52. The van der Waals surface area contributed by atoms with Crippen molar-refractivity contribution in [2.75, 3.05) is 19.6 Å². The number of nitrogens with one attached hydrogen (secondary N) is 1. The topological polar surface area (TPSA) is 130 Å². The first-order valence-electron chi connectivity index (χ1n) is 7.83. The number of amides is 2. The average Bonchev–Trinajstić information content (AvgIpc) is 2.58. The van der Waals surface area contributed by atoms with Crippen LogP contribution in [0.25, 0.3) is 0 Å². The summed E-state index contributed by atoms with van der Waals surface area (Å²) in [6.07, 6.45) is 1.14. The fourth-order valence-corrected chi connectivity index (χ4v) is 2.78. The fourth-order valence-electron chi connectivity index (χ4n) is 2.78. The Kier molecular flexibility index (Phi) is 5.68. The molecule has 0 spiro atoms. The Morgan fingerprint density at radius 3 is 2.72 bits per heavy atom. The molecule has 2 rings (SSSR count). The number of carbonyl (C=O) groups is 3. The van der Waals surface area contributed by atoms with E-state index < -0.39 is 22.7 Å². The van der Waals surface area contributed by atoms with Crippen LogP contribution >= 0.6 is 0 Å². The molecule has 1 aromatic rings. The van der Waals surface area contributed by atoms with Gasteiger partial charge in [-0.15, -0.1) is 0 Å². The number of rotatable bonds is 5. The van der Waals surface area contributed by atoms with E-state index in [-0.39, 0.29) is 30.2 Å². The minimum absolute atomic E-state index is 0.0827. The lowest BCUT2D eigenvalue weighted by atomic mass is 9.98. The Labute approximate surface area is 143 Å². The second-order valence-electron chi connectivity index (χ2n) is 5.96. The number of hydrogen-bond donors (Lipinski definition) is 2. The zero-order valence-electron chi connectivity index (χ0n) is 13.7. The van der Waals surface area contributed by atoms with Crippen LogP contribution in [0, 0.1) is 23.0 Å². The number of piperidine rings is 1. The number of carboxylic acids is 1. The molecule has 1 aliphatic rings. The third-order valence-corrected chi connectivity index (χ3v) is 4.18. The molecule has 1 fully saturated rings. The van der Waals surface area contributed by atoms with Crippen molar-refractivity contribution < 1.29 is 24.4 Å². The molecule has 0 bridgehead atoms. The number of likely N-dealkylation sites (tertiary alicyclic amines) is 1. The second-order valence-corrected chi connectivity index (χ2v) is 5.96. The van der Waals surface area contributed by atoms with E-state index in [1.807, 2.05) is 0 Å². The molecule has 9 heteroatoms. The van der Waals surface area contributed by atoms with Crippen molar-refractivity contribution in [3.8, 4) is 0 Å². The highest BCUT2D eigenvalue weighted by molar-refractivity contribution is 5.97. The first kappa shape index (κ1) is 18.4. The summed E-state index contributed by atoms with van der Waals surface area (Å²) < 4.78 is 0. The number of carboxylic acid groups (broad SMARTS) is 1. The Hall–Kier alpha value is -2.97. The van der Waals surface area contributed by atoms with Crippen LogP contribution in [-0.4, -0.2) is 52.3 Å². The molecule has 9 nitrogen and oxygen atoms in total. The van der Waals surface area contributed by atoms with Gasteiger partial charge in [-0.3, -0.25) is 24.5 Å². The normalized spacial score (nSPS) is 17.0. The van der Waals surface area contributed by atoms with Gasteiger partial charge in [0.05, 0.1) is 17.4 Å². The van der Waals surface area contributed by atoms with Crippen LogP contribution < -0.4 is 5.32 Å². The first-order valence-corrected chi connectivity index (χ1v) is 7.83. The summed E-state index contributed by atoms with van der Waals surface area (Å²) in [5.41, 5.74) is 0.489. The number of carbonyl (C=O) groups excluding carboxylic acids is 2. The molecule has 1 atom stereocenters. The summed E-state index contributed by atoms with van der Waals surface area (Å²) in [6, 6.07) is 3.96. The van der Waals surface area contributed by atoms with Crippen LogP contribution in [0.5, 0.6) is 0 Å². The van der Waals surface area contributed by atoms with Crippen molar-refractivity contribution in [1.29, 1.82) is 0 Å². The van der Waals surface area contributed by atoms with E-state index in [0.717, 1.165) is 0 Å². The monoisotopic (exact) mass is 349 g/mol. The van der Waals surface area contributed by atoms with Crippen LogP contribution in [0.3, 0.4) is 0 Å². The van der Waals surface area contributed by atoms with Crippen LogP contribution in [0.2, 0.25) is 0 Å². The quantitative estimate of drug-likeness (QED) is 0.601. The van der Waals surface area contributed by atoms with Gasteiger partial charge in [0.1, 0.15) is 0 Å². The summed E-state index contributed by atoms with van der Waals surface area (Å²) in [5, 5.41) is 22.3. The van der Waals surface area contributed by atoms with E-state index in [0.29, 0.717) is 24.9 Å². The minimum Gasteiger partial charge on any atom is -0.481 e. The molecule has 0 radical (unpaired) electrons. The summed E-state index contributed by atoms with van der Waals surface area (Å²) >= 11 is 0.